The molecule has 0 N–H and O–H groups in total. The Morgan fingerprint density at radius 2 is 2.18 bits per heavy atom. The van der Waals surface area contributed by atoms with Crippen molar-refractivity contribution < 1.29 is 0 Å². The van der Waals surface area contributed by atoms with Crippen LogP contribution in [0.25, 0.3) is 10.4 Å². The van der Waals surface area contributed by atoms with Gasteiger partial charge in [0.15, 0.2) is 0 Å². The van der Waals surface area contributed by atoms with Crippen molar-refractivity contribution in [2.24, 2.45) is 5.11 Å². The van der Waals surface area contributed by atoms with Crippen LogP contribution in [0.3, 0.4) is 0 Å². The van der Waals surface area contributed by atoms with Crippen molar-refractivity contribution in [3.63, 3.8) is 0 Å². The normalized spacial score (nSPS) is 8.82. The number of benzene rings is 1. The van der Waals surface area contributed by atoms with Gasteiger partial charge in [0.2, 0.25) is 0 Å². The lowest BCUT2D eigenvalue weighted by atomic mass is 10.2. The Labute approximate surface area is 72.8 Å². The summed E-state index contributed by atoms with van der Waals surface area (Å²) < 4.78 is 0. The molecule has 0 bridgehead atoms. The minimum absolute atomic E-state index is 0.687. The Kier molecular flexibility index (Phi) is 2.95. The minimum Gasteiger partial charge on any atom is -0.0876 e. The van der Waals surface area contributed by atoms with Gasteiger partial charge < -0.3 is 0 Å². The highest BCUT2D eigenvalue weighted by Crippen LogP contribution is 2.20. The molecule has 1 aromatic rings. The molecule has 4 heteroatoms. The predicted molar refractivity (Wildman–Crippen MR) is 47.9 cm³/mol. The molecule has 0 aliphatic carbocycles. The van der Waals surface area contributed by atoms with Crippen LogP contribution in [-0.2, 0) is 5.33 Å². The second-order valence-corrected chi connectivity index (χ2v) is 2.51. The van der Waals surface area contributed by atoms with E-state index in [1.165, 1.54) is 0 Å². The zero-order valence-corrected chi connectivity index (χ0v) is 7.32. The molecular weight excluding hydrogens is 206 g/mol. The van der Waals surface area contributed by atoms with Crippen molar-refractivity contribution in [3.8, 4) is 0 Å². The third kappa shape index (κ3) is 1.97. The Bertz CT molecular complexity index is 291. The average Bonchev–Trinajstić information content (AvgIpc) is 2.06. The molecule has 0 saturated heterocycles. The van der Waals surface area contributed by atoms with Gasteiger partial charge in [-0.3, -0.25) is 0 Å². The number of alkyl halides is 1. The van der Waals surface area contributed by atoms with E-state index in [1.807, 2.05) is 18.2 Å². The second kappa shape index (κ2) is 4.01. The number of nitrogens with zero attached hydrogens (tertiary/aromatic N) is 3. The Balaban J connectivity index is 3.11. The van der Waals surface area contributed by atoms with Gasteiger partial charge in [0.25, 0.3) is 0 Å². The first-order valence-corrected chi connectivity index (χ1v) is 4.19. The van der Waals surface area contributed by atoms with E-state index in [-0.39, 0.29) is 0 Å². The van der Waals surface area contributed by atoms with Crippen LogP contribution in [0.4, 0.5) is 5.69 Å². The maximum absolute atomic E-state index is 8.18. The summed E-state index contributed by atoms with van der Waals surface area (Å²) >= 11 is 3.30. The van der Waals surface area contributed by atoms with Crippen LogP contribution in [-0.4, -0.2) is 0 Å². The Morgan fingerprint density at radius 1 is 1.45 bits per heavy atom. The van der Waals surface area contributed by atoms with Gasteiger partial charge in [0.05, 0.1) is 0 Å². The molecule has 0 radical (unpaired) electrons. The molecule has 1 rings (SSSR count). The topological polar surface area (TPSA) is 48.8 Å². The highest BCUT2D eigenvalue weighted by Gasteiger charge is 1.94. The second-order valence-electron chi connectivity index (χ2n) is 1.95. The Hall–Kier alpha value is -0.990. The lowest BCUT2D eigenvalue weighted by molar-refractivity contribution is 1.36. The van der Waals surface area contributed by atoms with Gasteiger partial charge in [-0.05, 0) is 11.1 Å². The number of hydrogen-bond donors (Lipinski definition) is 0. The van der Waals surface area contributed by atoms with E-state index in [2.05, 4.69) is 26.0 Å². The minimum atomic E-state index is 0.687. The number of azide groups is 1. The van der Waals surface area contributed by atoms with Crippen molar-refractivity contribution >= 4 is 21.6 Å². The summed E-state index contributed by atoms with van der Waals surface area (Å²) in [5, 5.41) is 4.24. The largest absolute Gasteiger partial charge is 0.0876 e. The van der Waals surface area contributed by atoms with Crippen LogP contribution >= 0.6 is 15.9 Å². The maximum atomic E-state index is 8.18. The van der Waals surface area contributed by atoms with Crippen LogP contribution in [0.1, 0.15) is 5.56 Å². The third-order valence-electron chi connectivity index (χ3n) is 1.29. The fourth-order valence-corrected chi connectivity index (χ4v) is 1.24. The fraction of sp³-hybridized carbons (Fsp3) is 0.143. The molecule has 1 aromatic carbocycles. The smallest absolute Gasteiger partial charge is 0.0415 e. The highest BCUT2D eigenvalue weighted by molar-refractivity contribution is 9.08. The quantitative estimate of drug-likeness (QED) is 0.311. The van der Waals surface area contributed by atoms with Crippen LogP contribution in [0.2, 0.25) is 0 Å². The van der Waals surface area contributed by atoms with Crippen LogP contribution in [0, 0.1) is 0 Å². The summed E-state index contributed by atoms with van der Waals surface area (Å²) in [5.41, 5.74) is 9.87. The molecular formula is C7H6BrN3. The first kappa shape index (κ1) is 8.11. The molecule has 0 aliphatic rings. The van der Waals surface area contributed by atoms with Crippen molar-refractivity contribution in [1.29, 1.82) is 0 Å². The molecule has 3 nitrogen and oxygen atoms in total. The molecule has 11 heavy (non-hydrogen) atoms. The van der Waals surface area contributed by atoms with Crippen molar-refractivity contribution in [1.82, 2.24) is 0 Å². The monoisotopic (exact) mass is 211 g/mol. The molecule has 0 amide bonds. The zero-order chi connectivity index (χ0) is 8.10. The predicted octanol–water partition coefficient (Wildman–Crippen LogP) is 3.52. The van der Waals surface area contributed by atoms with Gasteiger partial charge in [-0.15, -0.1) is 0 Å². The van der Waals surface area contributed by atoms with Crippen molar-refractivity contribution in [2.75, 3.05) is 0 Å². The molecule has 0 spiro atoms. The van der Waals surface area contributed by atoms with E-state index < -0.39 is 0 Å². The van der Waals surface area contributed by atoms with Crippen LogP contribution in [0.15, 0.2) is 29.4 Å². The summed E-state index contributed by atoms with van der Waals surface area (Å²) in [6.45, 7) is 0. The lowest BCUT2D eigenvalue weighted by Gasteiger charge is -1.97. The molecule has 0 heterocycles. The number of rotatable bonds is 2. The summed E-state index contributed by atoms with van der Waals surface area (Å²) in [6.07, 6.45) is 0. The molecule has 56 valence electrons. The Morgan fingerprint density at radius 3 is 2.82 bits per heavy atom. The molecule has 0 unspecified atom stereocenters. The first-order valence-electron chi connectivity index (χ1n) is 3.07. The summed E-state index contributed by atoms with van der Waals surface area (Å²) in [6, 6.07) is 7.46. The molecule has 0 aliphatic heterocycles. The molecule has 0 aromatic heterocycles. The summed E-state index contributed by atoms with van der Waals surface area (Å²) in [4.78, 5) is 2.72. The van der Waals surface area contributed by atoms with Crippen LogP contribution in [0.5, 0.6) is 0 Å². The summed E-state index contributed by atoms with van der Waals surface area (Å²) in [7, 11) is 0. The van der Waals surface area contributed by atoms with Gasteiger partial charge in [0, 0.05) is 15.9 Å². The number of halogens is 1. The third-order valence-corrected chi connectivity index (χ3v) is 1.89. The SMILES string of the molecule is [N-]=[N+]=Nc1ccccc1CBr. The molecule has 0 saturated carbocycles. The van der Waals surface area contributed by atoms with E-state index in [0.717, 1.165) is 5.56 Å². The standard InChI is InChI=1S/C7H6BrN3/c8-5-6-3-1-2-4-7(6)10-11-9/h1-4H,5H2. The molecule has 0 atom stereocenters. The van der Waals surface area contributed by atoms with Crippen molar-refractivity contribution in [3.05, 3.63) is 40.3 Å². The number of hydrogen-bond acceptors (Lipinski definition) is 1. The zero-order valence-electron chi connectivity index (χ0n) is 5.74. The highest BCUT2D eigenvalue weighted by atomic mass is 79.9. The van der Waals surface area contributed by atoms with E-state index in [1.54, 1.807) is 6.07 Å². The van der Waals surface area contributed by atoms with E-state index in [0.29, 0.717) is 11.0 Å². The van der Waals surface area contributed by atoms with Gasteiger partial charge in [-0.2, -0.15) is 0 Å². The molecule has 0 fully saturated rings. The van der Waals surface area contributed by atoms with Crippen LogP contribution < -0.4 is 0 Å². The first-order chi connectivity index (χ1) is 5.38. The van der Waals surface area contributed by atoms with Gasteiger partial charge in [-0.25, -0.2) is 0 Å². The lowest BCUT2D eigenvalue weighted by Crippen LogP contribution is -1.75. The van der Waals surface area contributed by atoms with E-state index >= 15 is 0 Å². The average molecular weight is 212 g/mol. The fourth-order valence-electron chi connectivity index (χ4n) is 0.770. The van der Waals surface area contributed by atoms with Gasteiger partial charge in [-0.1, -0.05) is 45.3 Å². The van der Waals surface area contributed by atoms with Gasteiger partial charge in [0.1, 0.15) is 0 Å². The van der Waals surface area contributed by atoms with E-state index in [4.69, 9.17) is 5.53 Å². The maximum Gasteiger partial charge on any atom is 0.0415 e. The van der Waals surface area contributed by atoms with Crippen molar-refractivity contribution in [2.45, 2.75) is 5.33 Å². The van der Waals surface area contributed by atoms with E-state index in [9.17, 15) is 0 Å². The van der Waals surface area contributed by atoms with Gasteiger partial charge >= 0.3 is 0 Å². The summed E-state index contributed by atoms with van der Waals surface area (Å²) in [5.74, 6) is 0.